The Morgan fingerprint density at radius 1 is 1.27 bits per heavy atom. The van der Waals surface area contributed by atoms with Gasteiger partial charge in [0.2, 0.25) is 0 Å². The highest BCUT2D eigenvalue weighted by atomic mass is 16.5. The van der Waals surface area contributed by atoms with Crippen molar-refractivity contribution in [2.24, 2.45) is 0 Å². The fourth-order valence-corrected chi connectivity index (χ4v) is 2.81. The van der Waals surface area contributed by atoms with Crippen LogP contribution in [0.3, 0.4) is 0 Å². The highest BCUT2D eigenvalue weighted by Crippen LogP contribution is 2.13. The van der Waals surface area contributed by atoms with Crippen molar-refractivity contribution in [3.8, 4) is 0 Å². The van der Waals surface area contributed by atoms with Crippen molar-refractivity contribution in [2.75, 3.05) is 19.7 Å². The third kappa shape index (κ3) is 2.70. The van der Waals surface area contributed by atoms with E-state index in [1.807, 2.05) is 17.1 Å². The molecule has 1 unspecified atom stereocenters. The first-order valence-corrected chi connectivity index (χ1v) is 7.31. The predicted molar refractivity (Wildman–Crippen MR) is 78.0 cm³/mol. The number of rotatable bonds is 4. The minimum atomic E-state index is 0.135. The molecule has 3 aromatic rings. The van der Waals surface area contributed by atoms with Crippen molar-refractivity contribution in [2.45, 2.75) is 19.2 Å². The average Bonchev–Trinajstić information content (AvgIpc) is 3.18. The molecule has 0 spiro atoms. The second-order valence-electron chi connectivity index (χ2n) is 5.40. The molecule has 0 bridgehead atoms. The lowest BCUT2D eigenvalue weighted by molar-refractivity contribution is -0.0406. The lowest BCUT2D eigenvalue weighted by Gasteiger charge is -2.32. The van der Waals surface area contributed by atoms with Crippen LogP contribution >= 0.6 is 0 Å². The Hall–Kier alpha value is -2.32. The van der Waals surface area contributed by atoms with Gasteiger partial charge in [0.1, 0.15) is 12.7 Å². The maximum absolute atomic E-state index is 5.83. The van der Waals surface area contributed by atoms with Crippen LogP contribution in [0.5, 0.6) is 0 Å². The van der Waals surface area contributed by atoms with Crippen LogP contribution < -0.4 is 0 Å². The summed E-state index contributed by atoms with van der Waals surface area (Å²) in [5.41, 5.74) is 2.05. The third-order valence-corrected chi connectivity index (χ3v) is 3.86. The molecule has 8 heteroatoms. The molecule has 1 aliphatic rings. The fourth-order valence-electron chi connectivity index (χ4n) is 2.81. The molecule has 0 aliphatic carbocycles. The van der Waals surface area contributed by atoms with Crippen molar-refractivity contribution in [1.29, 1.82) is 0 Å². The molecule has 1 aliphatic heterocycles. The van der Waals surface area contributed by atoms with Gasteiger partial charge in [-0.2, -0.15) is 5.10 Å². The smallest absolute Gasteiger partial charge is 0.155 e. The molecule has 0 N–H and O–H groups in total. The second-order valence-corrected chi connectivity index (χ2v) is 5.40. The van der Waals surface area contributed by atoms with Crippen LogP contribution in [0.25, 0.3) is 5.65 Å². The summed E-state index contributed by atoms with van der Waals surface area (Å²) >= 11 is 0. The first kappa shape index (κ1) is 13.4. The van der Waals surface area contributed by atoms with Gasteiger partial charge in [-0.25, -0.2) is 9.97 Å². The summed E-state index contributed by atoms with van der Waals surface area (Å²) in [4.78, 5) is 14.8. The van der Waals surface area contributed by atoms with E-state index in [0.29, 0.717) is 0 Å². The number of morpholine rings is 1. The van der Waals surface area contributed by atoms with E-state index < -0.39 is 0 Å². The van der Waals surface area contributed by atoms with Crippen LogP contribution in [0.2, 0.25) is 0 Å². The largest absolute Gasteiger partial charge is 0.374 e. The Labute approximate surface area is 127 Å². The summed E-state index contributed by atoms with van der Waals surface area (Å²) in [7, 11) is 0. The van der Waals surface area contributed by atoms with Crippen LogP contribution in [0.15, 0.2) is 37.4 Å². The van der Waals surface area contributed by atoms with Gasteiger partial charge in [-0.15, -0.1) is 0 Å². The third-order valence-electron chi connectivity index (χ3n) is 3.86. The van der Waals surface area contributed by atoms with Gasteiger partial charge in [-0.05, 0) is 0 Å². The normalized spacial score (nSPS) is 19.7. The number of nitrogens with zero attached hydrogens (tertiary/aromatic N) is 7. The number of ether oxygens (including phenoxy) is 1. The molecule has 8 nitrogen and oxygen atoms in total. The van der Waals surface area contributed by atoms with Crippen molar-refractivity contribution >= 4 is 5.65 Å². The Morgan fingerprint density at radius 2 is 2.27 bits per heavy atom. The van der Waals surface area contributed by atoms with E-state index in [9.17, 15) is 0 Å². The maximum Gasteiger partial charge on any atom is 0.155 e. The zero-order valence-electron chi connectivity index (χ0n) is 12.1. The molecule has 4 rings (SSSR count). The molecule has 4 heterocycles. The highest BCUT2D eigenvalue weighted by Gasteiger charge is 2.22. The van der Waals surface area contributed by atoms with E-state index >= 15 is 0 Å². The number of hydrogen-bond donors (Lipinski definition) is 0. The zero-order valence-corrected chi connectivity index (χ0v) is 12.1. The summed E-state index contributed by atoms with van der Waals surface area (Å²) in [6.45, 7) is 4.11. The van der Waals surface area contributed by atoms with Crippen LogP contribution in [-0.4, -0.2) is 59.8 Å². The molecule has 22 heavy (non-hydrogen) atoms. The van der Waals surface area contributed by atoms with Gasteiger partial charge < -0.3 is 4.74 Å². The molecule has 1 atom stereocenters. The number of fused-ring (bicyclic) bond motifs is 1. The van der Waals surface area contributed by atoms with Gasteiger partial charge >= 0.3 is 0 Å². The van der Waals surface area contributed by atoms with Crippen molar-refractivity contribution in [1.82, 2.24) is 34.0 Å². The van der Waals surface area contributed by atoms with Gasteiger partial charge in [0, 0.05) is 32.0 Å². The molecule has 0 amide bonds. The Morgan fingerprint density at radius 3 is 3.18 bits per heavy atom. The summed E-state index contributed by atoms with van der Waals surface area (Å²) in [5.74, 6) is 0. The molecular weight excluding hydrogens is 282 g/mol. The second kappa shape index (κ2) is 5.82. The minimum Gasteiger partial charge on any atom is -0.374 e. The Kier molecular flexibility index (Phi) is 3.53. The topological polar surface area (TPSA) is 73.4 Å². The number of hydrogen-bond acceptors (Lipinski definition) is 6. The first-order chi connectivity index (χ1) is 10.9. The summed E-state index contributed by atoms with van der Waals surface area (Å²) in [5, 5.41) is 4.14. The molecule has 0 saturated carbocycles. The summed E-state index contributed by atoms with van der Waals surface area (Å²) in [6.07, 6.45) is 10.8. The Balaban J connectivity index is 1.44. The van der Waals surface area contributed by atoms with E-state index in [1.54, 1.807) is 25.0 Å². The molecule has 3 aromatic heterocycles. The van der Waals surface area contributed by atoms with Crippen LogP contribution in [0.1, 0.15) is 5.69 Å². The molecule has 1 saturated heterocycles. The molecule has 0 aromatic carbocycles. The van der Waals surface area contributed by atoms with Crippen LogP contribution in [-0.2, 0) is 17.8 Å². The lowest BCUT2D eigenvalue weighted by atomic mass is 10.2. The average molecular weight is 299 g/mol. The molecule has 0 radical (unpaired) electrons. The van der Waals surface area contributed by atoms with Crippen molar-refractivity contribution in [3.63, 3.8) is 0 Å². The Bertz CT molecular complexity index is 739. The number of aromatic nitrogens is 6. The van der Waals surface area contributed by atoms with Gasteiger partial charge in [0.25, 0.3) is 0 Å². The van der Waals surface area contributed by atoms with Crippen LogP contribution in [0.4, 0.5) is 0 Å². The monoisotopic (exact) mass is 299 g/mol. The summed E-state index contributed by atoms with van der Waals surface area (Å²) in [6, 6.07) is 0. The fraction of sp³-hybridized carbons (Fsp3) is 0.429. The van der Waals surface area contributed by atoms with Gasteiger partial charge in [0.05, 0.1) is 37.3 Å². The van der Waals surface area contributed by atoms with E-state index in [0.717, 1.165) is 38.4 Å². The quantitative estimate of drug-likeness (QED) is 0.686. The predicted octanol–water partition coefficient (Wildman–Crippen LogP) is 0.222. The van der Waals surface area contributed by atoms with Crippen molar-refractivity contribution < 1.29 is 4.74 Å². The molecular formula is C14H17N7O. The van der Waals surface area contributed by atoms with E-state index in [4.69, 9.17) is 4.74 Å². The maximum atomic E-state index is 5.83. The van der Waals surface area contributed by atoms with Gasteiger partial charge in [-0.1, -0.05) is 0 Å². The van der Waals surface area contributed by atoms with E-state index in [-0.39, 0.29) is 6.10 Å². The SMILES string of the molecule is c1cn2c(CN3CCOC(Cn4cncn4)C3)cnc2cn1. The molecule has 1 fully saturated rings. The van der Waals surface area contributed by atoms with Gasteiger partial charge in [-0.3, -0.25) is 19.0 Å². The zero-order chi connectivity index (χ0) is 14.8. The standard InChI is InChI=1S/C14H17N7O/c1-2-21-12(5-17-14(21)6-15-1)7-19-3-4-22-13(8-19)9-20-11-16-10-18-20/h1-2,5-6,10-11,13H,3-4,7-9H2. The minimum absolute atomic E-state index is 0.135. The molecule has 114 valence electrons. The van der Waals surface area contributed by atoms with Crippen molar-refractivity contribution in [3.05, 3.63) is 43.1 Å². The number of imidazole rings is 1. The van der Waals surface area contributed by atoms with Gasteiger partial charge in [0.15, 0.2) is 5.65 Å². The van der Waals surface area contributed by atoms with Crippen LogP contribution in [0, 0.1) is 0 Å². The first-order valence-electron chi connectivity index (χ1n) is 7.31. The summed E-state index contributed by atoms with van der Waals surface area (Å²) < 4.78 is 9.72. The van der Waals surface area contributed by atoms with E-state index in [1.165, 1.54) is 5.69 Å². The lowest BCUT2D eigenvalue weighted by Crippen LogP contribution is -2.43. The highest BCUT2D eigenvalue weighted by molar-refractivity contribution is 5.36. The van der Waals surface area contributed by atoms with E-state index in [2.05, 4.69) is 29.4 Å².